The smallest absolute Gasteiger partial charge is 0.171 e. The first-order valence-electron chi connectivity index (χ1n) is 6.66. The summed E-state index contributed by atoms with van der Waals surface area (Å²) < 4.78 is 0. The van der Waals surface area contributed by atoms with Crippen molar-refractivity contribution in [3.8, 4) is 5.75 Å². The maximum absolute atomic E-state index is 11.2. The predicted octanol–water partition coefficient (Wildman–Crippen LogP) is 1.04. The normalized spacial score (nSPS) is 11.5. The van der Waals surface area contributed by atoms with Crippen molar-refractivity contribution < 1.29 is 15.0 Å². The number of aliphatic carboxylic acids is 1. The number of phenols is 1. The van der Waals surface area contributed by atoms with E-state index in [2.05, 4.69) is 10.6 Å². The summed E-state index contributed by atoms with van der Waals surface area (Å²) in [5.74, 6) is -1.12. The molecular weight excluding hydrogens is 300 g/mol. The topological polar surface area (TPSA) is 84.4 Å². The highest BCUT2D eigenvalue weighted by Gasteiger charge is 2.12. The molecule has 0 radical (unpaired) electrons. The Morgan fingerprint density at radius 1 is 1.14 bits per heavy atom. The number of para-hydroxylation sites is 1. The van der Waals surface area contributed by atoms with Gasteiger partial charge in [0.15, 0.2) is 5.11 Å². The van der Waals surface area contributed by atoms with E-state index in [1.807, 2.05) is 30.3 Å². The minimum absolute atomic E-state index is 0.128. The summed E-state index contributed by atoms with van der Waals surface area (Å²) >= 11 is 5.12. The van der Waals surface area contributed by atoms with Gasteiger partial charge in [-0.1, -0.05) is 30.3 Å². The van der Waals surface area contributed by atoms with Crippen LogP contribution in [0.2, 0.25) is 0 Å². The average molecular weight is 315 g/mol. The largest absolute Gasteiger partial charge is 0.548 e. The van der Waals surface area contributed by atoms with Gasteiger partial charge in [0.2, 0.25) is 0 Å². The highest BCUT2D eigenvalue weighted by atomic mass is 32.1. The standard InChI is InChI=1S/C16H16N2O3S/c19-13-8-6-11(7-9-13)10-14(15(20)21)18-16(22)17-12-4-2-1-3-5-12/h1-9,14,19H,10H2,(H,20,21)(H2,17,18,22)/p-1. The summed E-state index contributed by atoms with van der Waals surface area (Å²) in [6, 6.07) is 14.6. The van der Waals surface area contributed by atoms with Crippen LogP contribution in [-0.2, 0) is 11.2 Å². The van der Waals surface area contributed by atoms with Gasteiger partial charge in [-0.15, -0.1) is 0 Å². The number of hydrogen-bond donors (Lipinski definition) is 3. The van der Waals surface area contributed by atoms with Gasteiger partial charge < -0.3 is 25.6 Å². The van der Waals surface area contributed by atoms with Gasteiger partial charge in [-0.25, -0.2) is 0 Å². The van der Waals surface area contributed by atoms with E-state index in [0.29, 0.717) is 0 Å². The monoisotopic (exact) mass is 315 g/mol. The van der Waals surface area contributed by atoms with Crippen LogP contribution < -0.4 is 15.7 Å². The van der Waals surface area contributed by atoms with E-state index in [1.54, 1.807) is 12.1 Å². The number of nitrogens with one attached hydrogen (secondary N) is 2. The fraction of sp³-hybridized carbons (Fsp3) is 0.125. The summed E-state index contributed by atoms with van der Waals surface area (Å²) in [6.45, 7) is 0. The first kappa shape index (κ1) is 15.8. The van der Waals surface area contributed by atoms with Gasteiger partial charge in [-0.2, -0.15) is 0 Å². The number of carbonyl (C=O) groups excluding carboxylic acids is 1. The Labute approximate surface area is 133 Å². The molecule has 1 unspecified atom stereocenters. The maximum Gasteiger partial charge on any atom is 0.171 e. The Hall–Kier alpha value is -2.60. The molecular formula is C16H15N2O3S-. The van der Waals surface area contributed by atoms with E-state index >= 15 is 0 Å². The van der Waals surface area contributed by atoms with Crippen LogP contribution in [0.4, 0.5) is 5.69 Å². The first-order valence-corrected chi connectivity index (χ1v) is 7.07. The summed E-state index contributed by atoms with van der Waals surface area (Å²) in [7, 11) is 0. The molecule has 2 rings (SSSR count). The second-order valence-corrected chi connectivity index (χ2v) is 5.11. The summed E-state index contributed by atoms with van der Waals surface area (Å²) in [5, 5.41) is 26.3. The first-order chi connectivity index (χ1) is 10.5. The van der Waals surface area contributed by atoms with E-state index in [0.717, 1.165) is 11.3 Å². The minimum atomic E-state index is -1.25. The van der Waals surface area contributed by atoms with Crippen LogP contribution in [-0.4, -0.2) is 22.2 Å². The molecule has 0 aliphatic rings. The van der Waals surface area contributed by atoms with Crippen LogP contribution in [0.5, 0.6) is 5.75 Å². The number of carbonyl (C=O) groups is 1. The van der Waals surface area contributed by atoms with Crippen LogP contribution in [0.3, 0.4) is 0 Å². The van der Waals surface area contributed by atoms with Crippen molar-refractivity contribution in [1.29, 1.82) is 0 Å². The molecule has 0 fully saturated rings. The Morgan fingerprint density at radius 3 is 2.36 bits per heavy atom. The summed E-state index contributed by atoms with van der Waals surface area (Å²) in [4.78, 5) is 11.2. The number of carboxylic acid groups (broad SMARTS) is 1. The van der Waals surface area contributed by atoms with Crippen LogP contribution in [0.25, 0.3) is 0 Å². The molecule has 2 aromatic rings. The van der Waals surface area contributed by atoms with Crippen molar-refractivity contribution in [2.75, 3.05) is 5.32 Å². The molecule has 0 heterocycles. The lowest BCUT2D eigenvalue weighted by atomic mass is 10.1. The Bertz CT molecular complexity index is 644. The number of carboxylic acids is 1. The van der Waals surface area contributed by atoms with E-state index in [1.165, 1.54) is 12.1 Å². The van der Waals surface area contributed by atoms with Crippen molar-refractivity contribution in [1.82, 2.24) is 5.32 Å². The highest BCUT2D eigenvalue weighted by molar-refractivity contribution is 7.80. The molecule has 0 aliphatic carbocycles. The summed E-state index contributed by atoms with van der Waals surface area (Å²) in [5.41, 5.74) is 1.52. The van der Waals surface area contributed by atoms with Crippen LogP contribution >= 0.6 is 12.2 Å². The second-order valence-electron chi connectivity index (χ2n) is 4.71. The third kappa shape index (κ3) is 4.75. The van der Waals surface area contributed by atoms with Gasteiger partial charge in [-0.3, -0.25) is 0 Å². The Morgan fingerprint density at radius 2 is 1.77 bits per heavy atom. The molecule has 6 heteroatoms. The zero-order valence-corrected chi connectivity index (χ0v) is 12.5. The van der Waals surface area contributed by atoms with Crippen LogP contribution in [0, 0.1) is 0 Å². The van der Waals surface area contributed by atoms with Crippen molar-refractivity contribution in [2.24, 2.45) is 0 Å². The van der Waals surface area contributed by atoms with Gasteiger partial charge in [0, 0.05) is 5.69 Å². The summed E-state index contributed by atoms with van der Waals surface area (Å²) in [6.07, 6.45) is 0.194. The number of benzene rings is 2. The molecule has 5 nitrogen and oxygen atoms in total. The van der Waals surface area contributed by atoms with Crippen LogP contribution in [0.1, 0.15) is 5.56 Å². The molecule has 0 saturated carbocycles. The maximum atomic E-state index is 11.2. The SMILES string of the molecule is O=C([O-])C(Cc1ccc(O)cc1)NC(=S)Nc1ccccc1. The number of anilines is 1. The fourth-order valence-corrected chi connectivity index (χ4v) is 2.17. The molecule has 114 valence electrons. The van der Waals surface area contributed by atoms with E-state index < -0.39 is 12.0 Å². The fourth-order valence-electron chi connectivity index (χ4n) is 1.91. The number of hydrogen-bond acceptors (Lipinski definition) is 4. The molecule has 22 heavy (non-hydrogen) atoms. The van der Waals surface area contributed by atoms with Crippen molar-refractivity contribution in [3.05, 3.63) is 60.2 Å². The van der Waals surface area contributed by atoms with Crippen molar-refractivity contribution >= 4 is 29.0 Å². The zero-order valence-electron chi connectivity index (χ0n) is 11.7. The lowest BCUT2D eigenvalue weighted by Crippen LogP contribution is -2.50. The van der Waals surface area contributed by atoms with Gasteiger partial charge in [0.25, 0.3) is 0 Å². The van der Waals surface area contributed by atoms with Crippen LogP contribution in [0.15, 0.2) is 54.6 Å². The number of aromatic hydroxyl groups is 1. The molecule has 0 spiro atoms. The molecule has 3 N–H and O–H groups in total. The van der Waals surface area contributed by atoms with E-state index in [9.17, 15) is 15.0 Å². The minimum Gasteiger partial charge on any atom is -0.548 e. The Balaban J connectivity index is 1.98. The van der Waals surface area contributed by atoms with Crippen molar-refractivity contribution in [3.63, 3.8) is 0 Å². The Kier molecular flexibility index (Phi) is 5.32. The number of rotatable bonds is 5. The zero-order chi connectivity index (χ0) is 15.9. The lowest BCUT2D eigenvalue weighted by Gasteiger charge is -2.22. The molecule has 0 aliphatic heterocycles. The number of thiocarbonyl (C=S) groups is 1. The van der Waals surface area contributed by atoms with Gasteiger partial charge in [0.1, 0.15) is 5.75 Å². The second kappa shape index (κ2) is 7.42. The van der Waals surface area contributed by atoms with Gasteiger partial charge >= 0.3 is 0 Å². The predicted molar refractivity (Wildman–Crippen MR) is 86.4 cm³/mol. The van der Waals surface area contributed by atoms with E-state index in [-0.39, 0.29) is 17.3 Å². The quantitative estimate of drug-likeness (QED) is 0.715. The molecule has 0 saturated heterocycles. The van der Waals surface area contributed by atoms with Crippen molar-refractivity contribution in [2.45, 2.75) is 12.5 Å². The highest BCUT2D eigenvalue weighted by Crippen LogP contribution is 2.11. The van der Waals surface area contributed by atoms with Gasteiger partial charge in [-0.05, 0) is 48.5 Å². The average Bonchev–Trinajstić information content (AvgIpc) is 2.49. The number of phenolic OH excluding ortho intramolecular Hbond substituents is 1. The molecule has 2 aromatic carbocycles. The molecule has 0 aromatic heterocycles. The third-order valence-electron chi connectivity index (χ3n) is 3.00. The molecule has 0 bridgehead atoms. The lowest BCUT2D eigenvalue weighted by molar-refractivity contribution is -0.308. The molecule has 1 atom stereocenters. The third-order valence-corrected chi connectivity index (χ3v) is 3.22. The van der Waals surface area contributed by atoms with Gasteiger partial charge in [0.05, 0.1) is 12.0 Å². The van der Waals surface area contributed by atoms with E-state index in [4.69, 9.17) is 12.2 Å². The molecule has 0 amide bonds.